The number of anilines is 1. The zero-order valence-electron chi connectivity index (χ0n) is 83.9. The van der Waals surface area contributed by atoms with Gasteiger partial charge >= 0.3 is 41.4 Å². The van der Waals surface area contributed by atoms with Crippen LogP contribution < -0.4 is 29.9 Å². The van der Waals surface area contributed by atoms with Crippen LogP contribution in [0.1, 0.15) is 233 Å². The Labute approximate surface area is 958 Å². The SMILES string of the molecule is C.C.C.C.CC(O[Si](C)(C)C)(c1cccc(Br)c1)c1csc(C(=O)c2cncnc2Cl)c1.CC(O[Si](C)(C)C)(c1cccc(Br)c1)c1csc(C(O)c2cncnc2Cl)c1.CC(O[Si](C)(C)C)(c1cccc(Br)c1)c1csc(C=O)c1.C[C@H]1C[C@H](N)C[C@@H]1CO.C[C@H]1C[C@H](Nc2ncncc2C(=O)c2cc(C(C)(O[Si](C)(C)C)c3cccc(Br)c3)cs2)C[C@@H]1CO.Clc1ncncc1I.[2H]CC.[CH2-]CCC.[Li+].[O]=[Mn]=[O]. The van der Waals surface area contributed by atoms with E-state index in [9.17, 15) is 24.6 Å². The zero-order valence-corrected chi connectivity index (χ0v) is 102. The summed E-state index contributed by atoms with van der Waals surface area (Å²) in [7, 11) is -7.50. The molecule has 2 aliphatic carbocycles. The van der Waals surface area contributed by atoms with Gasteiger partial charge in [0.15, 0.2) is 39.6 Å². The van der Waals surface area contributed by atoms with Crippen LogP contribution in [0, 0.1) is 34.2 Å². The molecule has 4 aromatic carbocycles. The Morgan fingerprint density at radius 3 is 1.21 bits per heavy atom. The molecule has 2 fully saturated rings. The van der Waals surface area contributed by atoms with E-state index in [2.05, 4.69) is 308 Å². The number of unbranched alkanes of at least 4 members (excludes halogenated alkanes) is 1. The van der Waals surface area contributed by atoms with Gasteiger partial charge in [0.2, 0.25) is 11.6 Å². The topological polar surface area (TPSA) is 324 Å². The van der Waals surface area contributed by atoms with Crippen molar-refractivity contribution in [1.29, 1.82) is 0 Å². The van der Waals surface area contributed by atoms with Crippen molar-refractivity contribution in [3.63, 3.8) is 0 Å². The summed E-state index contributed by atoms with van der Waals surface area (Å²) in [5.41, 5.74) is 12.6. The molecular weight excluding hydrogens is 2440 g/mol. The molecule has 11 atom stereocenters. The first kappa shape index (κ1) is 136. The molecule has 2 saturated carbocycles. The van der Waals surface area contributed by atoms with Gasteiger partial charge in [-0.2, -0.15) is 6.42 Å². The van der Waals surface area contributed by atoms with E-state index in [-0.39, 0.29) is 89.0 Å². The molecule has 0 radical (unpaired) electrons. The average molecular weight is 2580 g/mol. The maximum absolute atomic E-state index is 13.7. The Hall–Kier alpha value is -4.41. The first-order chi connectivity index (χ1) is 65.7. The summed E-state index contributed by atoms with van der Waals surface area (Å²) in [5, 5.41) is 41.7. The third kappa shape index (κ3) is 42.2. The van der Waals surface area contributed by atoms with E-state index in [1.807, 2.05) is 100 Å². The predicted octanol–water partition coefficient (Wildman–Crippen LogP) is 28.4. The summed E-state index contributed by atoms with van der Waals surface area (Å²) in [6, 6.07) is 40.8. The number of carbonyl (C=O) groups excluding carboxylic acids is 3. The molecule has 14 rings (SSSR count). The fourth-order valence-corrected chi connectivity index (χ4v) is 27.3. The molecule has 0 amide bonds. The maximum atomic E-state index is 13.7. The van der Waals surface area contributed by atoms with Gasteiger partial charge in [-0.3, -0.25) is 14.4 Å². The van der Waals surface area contributed by atoms with Crippen molar-refractivity contribution in [2.24, 2.45) is 29.4 Å². The normalized spacial score (nSPS) is 16.9. The van der Waals surface area contributed by atoms with Crippen LogP contribution in [0.25, 0.3) is 0 Å². The number of aldehydes is 1. The number of rotatable bonds is 28. The number of hydrogen-bond donors (Lipinski definition) is 5. The minimum absolute atomic E-state index is 0. The minimum atomic E-state index is -1.95. The van der Waals surface area contributed by atoms with Gasteiger partial charge in [0, 0.05) is 79.8 Å². The van der Waals surface area contributed by atoms with Gasteiger partial charge < -0.3 is 51.0 Å². The number of carbonyl (C=O) groups is 3. The molecule has 12 aromatic rings. The van der Waals surface area contributed by atoms with E-state index in [1.54, 1.807) is 25.5 Å². The van der Waals surface area contributed by atoms with Crippen LogP contribution in [-0.2, 0) is 62.6 Å². The van der Waals surface area contributed by atoms with Crippen molar-refractivity contribution in [3.05, 3.63) is 317 Å². The number of thiophene rings is 4. The number of nitrogens with zero attached hydrogens (tertiary/aromatic N) is 8. The van der Waals surface area contributed by atoms with Gasteiger partial charge in [0.05, 0.1) is 29.3 Å². The summed E-state index contributed by atoms with van der Waals surface area (Å²) < 4.78 is 54.5. The first-order valence-corrected chi connectivity index (χ1v) is 68.2. The monoisotopic (exact) mass is 2570 g/mol. The molecule has 40 heteroatoms. The van der Waals surface area contributed by atoms with Gasteiger partial charge in [-0.1, -0.05) is 218 Å². The third-order valence-electron chi connectivity index (χ3n) is 21.8. The zero-order chi connectivity index (χ0) is 104. The number of ketones is 2. The summed E-state index contributed by atoms with van der Waals surface area (Å²) in [6.07, 6.45) is 18.0. The Morgan fingerprint density at radius 2 is 0.882 bits per heavy atom. The summed E-state index contributed by atoms with van der Waals surface area (Å²) >= 11 is 38.3. The van der Waals surface area contributed by atoms with Gasteiger partial charge in [-0.25, -0.2) is 39.9 Å². The molecule has 2 aliphatic rings. The Morgan fingerprint density at radius 1 is 0.542 bits per heavy atom. The fourth-order valence-electron chi connectivity index (χ4n) is 15.4. The van der Waals surface area contributed by atoms with Crippen LogP contribution >= 0.6 is 166 Å². The standard InChI is InChI=1S/C27H34BrN3O3SSi.C20H22BrClN2O2SSi.C20H20BrClN2O2SSi.C16H19BrO2SSi.C7H15NO.C4H2ClIN2.C4H9.C2H6.4CH4.Li.Mn.2O/c1-17-9-22(10-18(17)14-32)31-26-23(13-29-16-30-26)25(33)24-12-20(15-35-24)27(2,34-36(3,4)5)19-7-6-8-21(28)11-19;2*1-20(26-28(2,3)4,13-6-5-7-15(21)8-13)14-9-17(27-11-14)18(25)16-10-23-12-24-19(16)22;1-16(19-21(2,3)4,12-6-5-7-14(17)8-12)13-9-15(10-18)20-11-13;1-5-2-7(8)3-6(5)4-9;5-4-3(6)1-7-2-8-4;1-3-4-2;1-2;;;;;;;;/h6-8,11-13,15-18,22,32H,9-10,14H2,1-5H3,(H,29,30,31);5-12,18,25H,1-4H3;5-12H,1-4H3;5-11H,1-4H3;5-7,9H,2-4,8H2,1H3;1-2H;1,3-4H2,2H3;1-2H3;4*1H4;;;;/q;;;;;;-1;;;;;;+1;;;/t17-,18+,22-,27?;;;;5-,6+,7-;;;;;;;;;;;/m0...0.........../s1/i;;;;;;;1D;;;;;;;;. The van der Waals surface area contributed by atoms with Crippen molar-refractivity contribution >= 4 is 223 Å². The van der Waals surface area contributed by atoms with E-state index in [0.29, 0.717) is 74.7 Å². The van der Waals surface area contributed by atoms with Crippen LogP contribution in [0.3, 0.4) is 0 Å². The molecule has 6 N–H and O–H groups in total. The molecular formula is C104H143Br4Cl3ILiMnN10O12S4Si4. The number of aliphatic hydroxyl groups excluding tert-OH is 3. The van der Waals surface area contributed by atoms with Crippen molar-refractivity contribution in [2.45, 2.75) is 250 Å². The molecule has 0 bridgehead atoms. The van der Waals surface area contributed by atoms with Gasteiger partial charge in [-0.05, 0) is 317 Å². The van der Waals surface area contributed by atoms with Crippen LogP contribution in [-0.4, -0.2) is 132 Å². The molecule has 0 saturated heterocycles. The molecule has 144 heavy (non-hydrogen) atoms. The van der Waals surface area contributed by atoms with Crippen molar-refractivity contribution in [2.75, 3.05) is 18.5 Å². The number of benzene rings is 4. The van der Waals surface area contributed by atoms with Gasteiger partial charge in [-0.15, -0.1) is 45.3 Å². The second kappa shape index (κ2) is 64.6. The van der Waals surface area contributed by atoms with Crippen LogP contribution in [0.2, 0.25) is 94.0 Å². The Kier molecular flexibility index (Phi) is 60.8. The van der Waals surface area contributed by atoms with E-state index >= 15 is 0 Å². The number of nitrogens with one attached hydrogen (secondary N) is 1. The predicted molar refractivity (Wildman–Crippen MR) is 623 cm³/mol. The molecule has 0 spiro atoms. The molecule has 785 valence electrons. The number of halogens is 8. The van der Waals surface area contributed by atoms with Crippen LogP contribution in [0.15, 0.2) is 211 Å². The third-order valence-corrected chi connectivity index (χ3v) is 33.6. The summed E-state index contributed by atoms with van der Waals surface area (Å²) in [4.78, 5) is 72.0. The Balaban J connectivity index is 0.000000886. The number of aromatic nitrogens is 8. The van der Waals surface area contributed by atoms with Crippen LogP contribution in [0.4, 0.5) is 5.82 Å². The molecule has 8 heterocycles. The average Bonchev–Trinajstić information content (AvgIpc) is 1.68. The van der Waals surface area contributed by atoms with Crippen molar-refractivity contribution in [1.82, 2.24) is 39.9 Å². The van der Waals surface area contributed by atoms with E-state index < -0.39 is 76.6 Å². The van der Waals surface area contributed by atoms with E-state index in [0.717, 1.165) is 114 Å². The van der Waals surface area contributed by atoms with Gasteiger partial charge in [0.25, 0.3) is 0 Å². The van der Waals surface area contributed by atoms with Gasteiger partial charge in [0.1, 0.15) is 75.1 Å². The fraction of sp³-hybridized carbons (Fsp3) is 0.423. The van der Waals surface area contributed by atoms with Crippen LogP contribution in [0.5, 0.6) is 0 Å². The summed E-state index contributed by atoms with van der Waals surface area (Å²) in [5.74, 6) is 2.05. The van der Waals surface area contributed by atoms with Crippen molar-refractivity contribution in [3.8, 4) is 0 Å². The van der Waals surface area contributed by atoms with E-state index in [4.69, 9.17) is 72.4 Å². The first-order valence-electron chi connectivity index (χ1n) is 45.4. The molecule has 0 aliphatic heterocycles. The molecule has 5 unspecified atom stereocenters. The molecule has 22 nitrogen and oxygen atoms in total. The van der Waals surface area contributed by atoms with Crippen molar-refractivity contribution < 1.29 is 90.1 Å². The van der Waals surface area contributed by atoms with E-state index in [1.165, 1.54) is 83.3 Å². The number of nitrogens with two attached hydrogens (primary N) is 1. The Bertz CT molecular complexity index is 5980. The number of hydrogen-bond acceptors (Lipinski definition) is 26. The second-order valence-electron chi connectivity index (χ2n) is 37.3. The number of aliphatic hydroxyl groups is 3. The molecule has 8 aromatic heterocycles. The quantitative estimate of drug-likeness (QED) is 0.00759. The second-order valence-corrected chi connectivity index (χ2v) is 64.8. The summed E-state index contributed by atoms with van der Waals surface area (Å²) in [6.45, 7) is 47.2.